The largest absolute Gasteiger partial charge is 0.444 e. The summed E-state index contributed by atoms with van der Waals surface area (Å²) in [6, 6.07) is 5.96. The summed E-state index contributed by atoms with van der Waals surface area (Å²) in [4.78, 5) is 13.9. The van der Waals surface area contributed by atoms with Crippen LogP contribution in [0.5, 0.6) is 0 Å². The molecule has 0 aliphatic heterocycles. The molecule has 0 fully saturated rings. The van der Waals surface area contributed by atoms with Crippen molar-refractivity contribution in [1.82, 2.24) is 10.2 Å². The molecule has 0 unspecified atom stereocenters. The van der Waals surface area contributed by atoms with Crippen LogP contribution in [-0.2, 0) is 11.3 Å². The predicted molar refractivity (Wildman–Crippen MR) is 98.9 cm³/mol. The molecular formula is C17H26BrClN2O2. The molecule has 4 nitrogen and oxygen atoms in total. The fourth-order valence-electron chi connectivity index (χ4n) is 1.96. The van der Waals surface area contributed by atoms with Crippen LogP contribution in [0.1, 0.15) is 40.2 Å². The zero-order chi connectivity index (χ0) is 17.6. The van der Waals surface area contributed by atoms with E-state index in [0.29, 0.717) is 24.7 Å². The Labute approximate surface area is 152 Å². The lowest BCUT2D eigenvalue weighted by atomic mass is 10.2. The number of rotatable bonds is 6. The van der Waals surface area contributed by atoms with Crippen LogP contribution in [0.4, 0.5) is 4.79 Å². The molecule has 0 aliphatic carbocycles. The van der Waals surface area contributed by atoms with Gasteiger partial charge in [0.15, 0.2) is 0 Å². The molecule has 0 aromatic heterocycles. The summed E-state index contributed by atoms with van der Waals surface area (Å²) in [5.41, 5.74) is 0.623. The van der Waals surface area contributed by atoms with Crippen molar-refractivity contribution in [2.24, 2.45) is 0 Å². The number of benzene rings is 1. The number of amides is 1. The summed E-state index contributed by atoms with van der Waals surface area (Å²) < 4.78 is 6.33. The van der Waals surface area contributed by atoms with Crippen LogP contribution in [0.3, 0.4) is 0 Å². The Morgan fingerprint density at radius 1 is 1.39 bits per heavy atom. The van der Waals surface area contributed by atoms with Gasteiger partial charge >= 0.3 is 6.09 Å². The van der Waals surface area contributed by atoms with E-state index in [1.165, 1.54) is 0 Å². The molecule has 130 valence electrons. The molecule has 6 heteroatoms. The van der Waals surface area contributed by atoms with Crippen molar-refractivity contribution < 1.29 is 9.53 Å². The number of nitrogens with zero attached hydrogens (tertiary/aromatic N) is 1. The maximum Gasteiger partial charge on any atom is 0.410 e. The second-order valence-corrected chi connectivity index (χ2v) is 7.95. The number of hydrogen-bond acceptors (Lipinski definition) is 3. The number of carbonyl (C=O) groups is 1. The fraction of sp³-hybridized carbons (Fsp3) is 0.588. The molecule has 1 N–H and O–H groups in total. The van der Waals surface area contributed by atoms with Crippen LogP contribution in [0, 0.1) is 0 Å². The summed E-state index contributed by atoms with van der Waals surface area (Å²) in [6.45, 7) is 11.6. The Bertz CT molecular complexity index is 530. The quantitative estimate of drug-likeness (QED) is 0.689. The van der Waals surface area contributed by atoms with Gasteiger partial charge in [-0.15, -0.1) is 0 Å². The summed E-state index contributed by atoms with van der Waals surface area (Å²) >= 11 is 9.45. The van der Waals surface area contributed by atoms with E-state index >= 15 is 0 Å². The maximum absolute atomic E-state index is 12.2. The van der Waals surface area contributed by atoms with Gasteiger partial charge in [0.2, 0.25) is 0 Å². The molecule has 0 spiro atoms. The Balaban J connectivity index is 2.47. The SMILES string of the molecule is CC(C)N(CCNCc1ccc(Br)c(Cl)c1)C(=O)OC(C)(C)C. The van der Waals surface area contributed by atoms with Gasteiger partial charge in [0.05, 0.1) is 5.02 Å². The van der Waals surface area contributed by atoms with E-state index in [0.717, 1.165) is 10.0 Å². The Morgan fingerprint density at radius 3 is 2.57 bits per heavy atom. The van der Waals surface area contributed by atoms with Gasteiger partial charge in [-0.05, 0) is 68.2 Å². The second kappa shape index (κ2) is 8.90. The molecule has 0 saturated heterocycles. The van der Waals surface area contributed by atoms with Crippen molar-refractivity contribution in [3.63, 3.8) is 0 Å². The van der Waals surface area contributed by atoms with Crippen molar-refractivity contribution in [3.05, 3.63) is 33.3 Å². The van der Waals surface area contributed by atoms with E-state index in [4.69, 9.17) is 16.3 Å². The van der Waals surface area contributed by atoms with E-state index in [1.54, 1.807) is 4.90 Å². The summed E-state index contributed by atoms with van der Waals surface area (Å²) in [7, 11) is 0. The standard InChI is InChI=1S/C17H26BrClN2O2/c1-12(2)21(16(22)23-17(3,4)5)9-8-20-11-13-6-7-14(18)15(19)10-13/h6-7,10,12,20H,8-9,11H2,1-5H3. The fourth-order valence-corrected chi connectivity index (χ4v) is 2.41. The van der Waals surface area contributed by atoms with Gasteiger partial charge in [-0.3, -0.25) is 0 Å². The molecule has 0 bridgehead atoms. The molecule has 0 atom stereocenters. The van der Waals surface area contributed by atoms with Crippen LogP contribution in [0.25, 0.3) is 0 Å². The highest BCUT2D eigenvalue weighted by atomic mass is 79.9. The van der Waals surface area contributed by atoms with E-state index in [9.17, 15) is 4.79 Å². The summed E-state index contributed by atoms with van der Waals surface area (Å²) in [5.74, 6) is 0. The topological polar surface area (TPSA) is 41.6 Å². The molecule has 0 saturated carbocycles. The normalized spacial score (nSPS) is 11.7. The lowest BCUT2D eigenvalue weighted by Gasteiger charge is -2.30. The average Bonchev–Trinajstić information content (AvgIpc) is 2.40. The predicted octanol–water partition coefficient (Wildman–Crippen LogP) is 4.84. The molecular weight excluding hydrogens is 380 g/mol. The number of nitrogens with one attached hydrogen (secondary N) is 1. The summed E-state index contributed by atoms with van der Waals surface area (Å²) in [5, 5.41) is 4.02. The third-order valence-electron chi connectivity index (χ3n) is 3.09. The number of halogens is 2. The third-order valence-corrected chi connectivity index (χ3v) is 4.33. The van der Waals surface area contributed by atoms with Crippen LogP contribution >= 0.6 is 27.5 Å². The Morgan fingerprint density at radius 2 is 2.04 bits per heavy atom. The average molecular weight is 406 g/mol. The molecule has 1 aromatic carbocycles. The third kappa shape index (κ3) is 7.55. The zero-order valence-electron chi connectivity index (χ0n) is 14.5. The van der Waals surface area contributed by atoms with Gasteiger partial charge in [-0.2, -0.15) is 0 Å². The maximum atomic E-state index is 12.2. The lowest BCUT2D eigenvalue weighted by molar-refractivity contribution is 0.0193. The van der Waals surface area contributed by atoms with Crippen molar-refractivity contribution in [1.29, 1.82) is 0 Å². The second-order valence-electron chi connectivity index (χ2n) is 6.69. The molecule has 0 radical (unpaired) electrons. The molecule has 1 amide bonds. The Hall–Kier alpha value is -0.780. The molecule has 1 rings (SSSR count). The molecule has 0 heterocycles. The zero-order valence-corrected chi connectivity index (χ0v) is 16.8. The van der Waals surface area contributed by atoms with Crippen LogP contribution < -0.4 is 5.32 Å². The van der Waals surface area contributed by atoms with Gasteiger partial charge in [0, 0.05) is 30.1 Å². The highest BCUT2D eigenvalue weighted by Crippen LogP contribution is 2.23. The van der Waals surface area contributed by atoms with Crippen LogP contribution in [-0.4, -0.2) is 35.7 Å². The van der Waals surface area contributed by atoms with Crippen LogP contribution in [0.2, 0.25) is 5.02 Å². The van der Waals surface area contributed by atoms with Crippen molar-refractivity contribution in [3.8, 4) is 0 Å². The van der Waals surface area contributed by atoms with Gasteiger partial charge in [-0.25, -0.2) is 4.79 Å². The Kier molecular flexibility index (Phi) is 7.84. The first-order valence-corrected chi connectivity index (χ1v) is 8.91. The smallest absolute Gasteiger partial charge is 0.410 e. The van der Waals surface area contributed by atoms with Gasteiger partial charge in [-0.1, -0.05) is 17.7 Å². The van der Waals surface area contributed by atoms with Gasteiger partial charge in [0.25, 0.3) is 0 Å². The lowest BCUT2D eigenvalue weighted by Crippen LogP contribution is -2.44. The first-order valence-electron chi connectivity index (χ1n) is 7.74. The number of ether oxygens (including phenoxy) is 1. The van der Waals surface area contributed by atoms with E-state index in [-0.39, 0.29) is 12.1 Å². The minimum Gasteiger partial charge on any atom is -0.444 e. The van der Waals surface area contributed by atoms with Crippen molar-refractivity contribution in [2.75, 3.05) is 13.1 Å². The molecule has 1 aromatic rings. The van der Waals surface area contributed by atoms with E-state index < -0.39 is 5.60 Å². The van der Waals surface area contributed by atoms with Gasteiger partial charge < -0.3 is 15.0 Å². The van der Waals surface area contributed by atoms with Crippen molar-refractivity contribution >= 4 is 33.6 Å². The summed E-state index contributed by atoms with van der Waals surface area (Å²) in [6.07, 6.45) is -0.277. The van der Waals surface area contributed by atoms with Gasteiger partial charge in [0.1, 0.15) is 5.60 Å². The number of hydrogen-bond donors (Lipinski definition) is 1. The first kappa shape index (κ1) is 20.3. The first-order chi connectivity index (χ1) is 10.6. The van der Waals surface area contributed by atoms with E-state index in [2.05, 4.69) is 21.2 Å². The molecule has 23 heavy (non-hydrogen) atoms. The minimum absolute atomic E-state index is 0.0915. The van der Waals surface area contributed by atoms with E-state index in [1.807, 2.05) is 52.8 Å². The monoisotopic (exact) mass is 404 g/mol. The highest BCUT2D eigenvalue weighted by molar-refractivity contribution is 9.10. The van der Waals surface area contributed by atoms with Crippen LogP contribution in [0.15, 0.2) is 22.7 Å². The highest BCUT2D eigenvalue weighted by Gasteiger charge is 2.23. The number of carbonyl (C=O) groups excluding carboxylic acids is 1. The minimum atomic E-state index is -0.480. The molecule has 0 aliphatic rings. The van der Waals surface area contributed by atoms with Crippen molar-refractivity contribution in [2.45, 2.75) is 52.8 Å².